The SMILES string of the molecule is Cc1noc(C)c1-c1c(OC(=O)O)c2ccccc2n1-c1ccc(O)cc1F. The Hall–Kier alpha value is -3.81. The number of carbonyl (C=O) groups is 1. The van der Waals surface area contributed by atoms with Gasteiger partial charge in [0.1, 0.15) is 17.2 Å². The van der Waals surface area contributed by atoms with E-state index < -0.39 is 12.0 Å². The van der Waals surface area contributed by atoms with E-state index in [2.05, 4.69) is 5.16 Å². The second-order valence-electron chi connectivity index (χ2n) is 6.23. The highest BCUT2D eigenvalue weighted by molar-refractivity contribution is 5.99. The van der Waals surface area contributed by atoms with E-state index >= 15 is 0 Å². The molecule has 2 N–H and O–H groups in total. The molecule has 142 valence electrons. The molecule has 0 bridgehead atoms. The summed E-state index contributed by atoms with van der Waals surface area (Å²) in [7, 11) is 0. The molecule has 8 heteroatoms. The van der Waals surface area contributed by atoms with Crippen LogP contribution in [0.15, 0.2) is 47.0 Å². The third-order valence-electron chi connectivity index (χ3n) is 4.46. The lowest BCUT2D eigenvalue weighted by atomic mass is 10.1. The standard InChI is InChI=1S/C20H15FN2O5/c1-10-17(11(2)28-22-10)18-19(27-20(25)26)13-5-3-4-6-15(13)23(18)16-8-7-12(24)9-14(16)21/h3-9,24H,1-2H3,(H,25,26). The average Bonchev–Trinajstić information content (AvgIpc) is 3.12. The number of ether oxygens (including phenoxy) is 1. The molecule has 0 saturated carbocycles. The molecule has 2 aromatic carbocycles. The molecule has 28 heavy (non-hydrogen) atoms. The first-order chi connectivity index (χ1) is 13.4. The van der Waals surface area contributed by atoms with Crippen LogP contribution in [0.2, 0.25) is 0 Å². The summed E-state index contributed by atoms with van der Waals surface area (Å²) in [5.41, 5.74) is 1.93. The maximum absolute atomic E-state index is 14.8. The van der Waals surface area contributed by atoms with Crippen molar-refractivity contribution in [3.63, 3.8) is 0 Å². The molecular formula is C20H15FN2O5. The molecule has 4 aromatic rings. The zero-order chi connectivity index (χ0) is 20.0. The van der Waals surface area contributed by atoms with Crippen molar-refractivity contribution in [2.45, 2.75) is 13.8 Å². The number of carboxylic acid groups (broad SMARTS) is 1. The van der Waals surface area contributed by atoms with E-state index in [4.69, 9.17) is 9.26 Å². The fourth-order valence-corrected chi connectivity index (χ4v) is 3.37. The van der Waals surface area contributed by atoms with Crippen LogP contribution >= 0.6 is 0 Å². The zero-order valence-electron chi connectivity index (χ0n) is 14.9. The Morgan fingerprint density at radius 1 is 1.21 bits per heavy atom. The van der Waals surface area contributed by atoms with Crippen LogP contribution < -0.4 is 4.74 Å². The van der Waals surface area contributed by atoms with Crippen LogP contribution in [-0.2, 0) is 0 Å². The van der Waals surface area contributed by atoms with Crippen molar-refractivity contribution in [1.29, 1.82) is 0 Å². The monoisotopic (exact) mass is 382 g/mol. The fraction of sp³-hybridized carbons (Fsp3) is 0.100. The summed E-state index contributed by atoms with van der Waals surface area (Å²) in [6, 6.07) is 10.6. The average molecular weight is 382 g/mol. The van der Waals surface area contributed by atoms with E-state index in [1.807, 2.05) is 0 Å². The van der Waals surface area contributed by atoms with Gasteiger partial charge in [0, 0.05) is 11.5 Å². The van der Waals surface area contributed by atoms with Gasteiger partial charge in [0.15, 0.2) is 11.6 Å². The molecule has 2 aromatic heterocycles. The number of phenols is 1. The van der Waals surface area contributed by atoms with Gasteiger partial charge < -0.3 is 24.0 Å². The lowest BCUT2D eigenvalue weighted by Gasteiger charge is -2.13. The molecule has 0 radical (unpaired) electrons. The number of para-hydroxylation sites is 1. The van der Waals surface area contributed by atoms with Crippen molar-refractivity contribution in [2.75, 3.05) is 0 Å². The summed E-state index contributed by atoms with van der Waals surface area (Å²) in [6.45, 7) is 3.38. The first-order valence-corrected chi connectivity index (χ1v) is 8.35. The van der Waals surface area contributed by atoms with Crippen molar-refractivity contribution >= 4 is 17.1 Å². The predicted octanol–water partition coefficient (Wildman–Crippen LogP) is 4.80. The predicted molar refractivity (Wildman–Crippen MR) is 98.5 cm³/mol. The molecular weight excluding hydrogens is 367 g/mol. The van der Waals surface area contributed by atoms with Crippen molar-refractivity contribution < 1.29 is 28.7 Å². The molecule has 2 heterocycles. The van der Waals surface area contributed by atoms with Crippen molar-refractivity contribution in [3.8, 4) is 28.4 Å². The van der Waals surface area contributed by atoms with Crippen LogP contribution in [-0.4, -0.2) is 26.1 Å². The van der Waals surface area contributed by atoms with E-state index in [-0.39, 0.29) is 17.2 Å². The minimum absolute atomic E-state index is 0.0463. The minimum atomic E-state index is -1.50. The van der Waals surface area contributed by atoms with Crippen molar-refractivity contribution in [1.82, 2.24) is 9.72 Å². The lowest BCUT2D eigenvalue weighted by Crippen LogP contribution is -2.06. The van der Waals surface area contributed by atoms with Crippen molar-refractivity contribution in [3.05, 3.63) is 59.7 Å². The number of rotatable bonds is 3. The van der Waals surface area contributed by atoms with Gasteiger partial charge in [-0.25, -0.2) is 9.18 Å². The Morgan fingerprint density at radius 3 is 2.61 bits per heavy atom. The van der Waals surface area contributed by atoms with Gasteiger partial charge in [0.25, 0.3) is 0 Å². The zero-order valence-corrected chi connectivity index (χ0v) is 14.9. The third kappa shape index (κ3) is 2.66. The summed E-state index contributed by atoms with van der Waals surface area (Å²) < 4.78 is 26.7. The van der Waals surface area contributed by atoms with Crippen LogP contribution in [0.3, 0.4) is 0 Å². The van der Waals surface area contributed by atoms with Gasteiger partial charge in [-0.3, -0.25) is 0 Å². The number of aromatic nitrogens is 2. The number of hydrogen-bond donors (Lipinski definition) is 2. The normalized spacial score (nSPS) is 11.1. The first kappa shape index (κ1) is 17.6. The van der Waals surface area contributed by atoms with Crippen LogP contribution in [0.25, 0.3) is 27.8 Å². The molecule has 0 spiro atoms. The van der Waals surface area contributed by atoms with Crippen LogP contribution in [0.5, 0.6) is 11.5 Å². The van der Waals surface area contributed by atoms with Crippen LogP contribution in [0.1, 0.15) is 11.5 Å². The maximum Gasteiger partial charge on any atom is 0.511 e. The van der Waals surface area contributed by atoms with E-state index in [0.29, 0.717) is 33.6 Å². The molecule has 0 aliphatic rings. The molecule has 0 aliphatic heterocycles. The van der Waals surface area contributed by atoms with Gasteiger partial charge >= 0.3 is 6.16 Å². The number of aromatic hydroxyl groups is 1. The van der Waals surface area contributed by atoms with Gasteiger partial charge in [-0.1, -0.05) is 17.3 Å². The highest BCUT2D eigenvalue weighted by atomic mass is 19.1. The molecule has 0 atom stereocenters. The molecule has 7 nitrogen and oxygen atoms in total. The summed E-state index contributed by atoms with van der Waals surface area (Å²) in [5, 5.41) is 23.3. The third-order valence-corrected chi connectivity index (χ3v) is 4.46. The quantitative estimate of drug-likeness (QED) is 0.494. The Morgan fingerprint density at radius 2 is 1.96 bits per heavy atom. The van der Waals surface area contributed by atoms with Crippen LogP contribution in [0, 0.1) is 19.7 Å². The molecule has 0 aliphatic carbocycles. The Bertz CT molecular complexity index is 1210. The van der Waals surface area contributed by atoms with Gasteiger partial charge in [0.05, 0.1) is 22.5 Å². The number of hydrogen-bond acceptors (Lipinski definition) is 5. The lowest BCUT2D eigenvalue weighted by molar-refractivity contribution is 0.145. The van der Waals surface area contributed by atoms with E-state index in [0.717, 1.165) is 6.07 Å². The van der Waals surface area contributed by atoms with Crippen molar-refractivity contribution in [2.24, 2.45) is 0 Å². The summed E-state index contributed by atoms with van der Waals surface area (Å²) >= 11 is 0. The van der Waals surface area contributed by atoms with Gasteiger partial charge in [-0.15, -0.1) is 0 Å². The number of fused-ring (bicyclic) bond motifs is 1. The largest absolute Gasteiger partial charge is 0.511 e. The Balaban J connectivity index is 2.20. The summed E-state index contributed by atoms with van der Waals surface area (Å²) in [5.74, 6) is -0.435. The molecule has 0 unspecified atom stereocenters. The Kier molecular flexibility index (Phi) is 4.03. The van der Waals surface area contributed by atoms with Gasteiger partial charge in [-0.2, -0.15) is 0 Å². The summed E-state index contributed by atoms with van der Waals surface area (Å²) in [4.78, 5) is 11.4. The first-order valence-electron chi connectivity index (χ1n) is 8.35. The van der Waals surface area contributed by atoms with E-state index in [9.17, 15) is 19.4 Å². The fourth-order valence-electron chi connectivity index (χ4n) is 3.37. The molecule has 0 fully saturated rings. The Labute approximate surface area is 158 Å². The molecule has 0 saturated heterocycles. The number of phenolic OH excluding ortho intramolecular Hbond substituents is 1. The molecule has 4 rings (SSSR count). The summed E-state index contributed by atoms with van der Waals surface area (Å²) in [6.07, 6.45) is -1.50. The van der Waals surface area contributed by atoms with Gasteiger partial charge in [-0.05, 0) is 38.1 Å². The minimum Gasteiger partial charge on any atom is -0.508 e. The maximum atomic E-state index is 14.8. The smallest absolute Gasteiger partial charge is 0.508 e. The van der Waals surface area contributed by atoms with E-state index in [1.54, 1.807) is 38.1 Å². The number of halogens is 1. The number of aryl methyl sites for hydroxylation is 2. The van der Waals surface area contributed by atoms with Gasteiger partial charge in [0.2, 0.25) is 0 Å². The van der Waals surface area contributed by atoms with Crippen LogP contribution in [0.4, 0.5) is 9.18 Å². The van der Waals surface area contributed by atoms with E-state index in [1.165, 1.54) is 16.7 Å². The molecule has 0 amide bonds. The highest BCUT2D eigenvalue weighted by Gasteiger charge is 2.28. The number of benzene rings is 2. The highest BCUT2D eigenvalue weighted by Crippen LogP contribution is 2.44. The second kappa shape index (κ2) is 6.41. The topological polar surface area (TPSA) is 97.7 Å². The second-order valence-corrected chi connectivity index (χ2v) is 6.23. The number of nitrogens with zero attached hydrogens (tertiary/aromatic N) is 2.